The van der Waals surface area contributed by atoms with Crippen LogP contribution in [0.5, 0.6) is 0 Å². The van der Waals surface area contributed by atoms with Gasteiger partial charge in [-0.05, 0) is 43.7 Å². The van der Waals surface area contributed by atoms with Crippen LogP contribution in [0.15, 0.2) is 23.1 Å². The van der Waals surface area contributed by atoms with Gasteiger partial charge in [0, 0.05) is 19.1 Å². The van der Waals surface area contributed by atoms with Gasteiger partial charge in [0.15, 0.2) is 5.54 Å². The van der Waals surface area contributed by atoms with E-state index in [1.807, 2.05) is 19.9 Å². The number of piperidine rings is 1. The highest BCUT2D eigenvalue weighted by molar-refractivity contribution is 8.00. The maximum atomic E-state index is 12.9. The molecular weight excluding hydrogens is 415 g/mol. The standard InChI is InChI=1S/C18H20F3N5OS.C2H6/c1-12-16(28-18(19,20)21)14-3-2-4-15(26(14)24-12)23-13-5-7-25(8-6-13)17(9-22)10-27-11-17;1-2/h2-4,13,23H,5-8,10-11H2,1H3;1-2H3. The third-order valence-electron chi connectivity index (χ3n) is 5.34. The lowest BCUT2D eigenvalue weighted by atomic mass is 9.92. The van der Waals surface area contributed by atoms with E-state index < -0.39 is 11.0 Å². The fourth-order valence-electron chi connectivity index (χ4n) is 3.79. The van der Waals surface area contributed by atoms with Crippen LogP contribution in [0.4, 0.5) is 19.0 Å². The number of nitriles is 1. The number of likely N-dealkylation sites (tertiary alicyclic amines) is 1. The number of hydrogen-bond acceptors (Lipinski definition) is 6. The molecule has 0 amide bonds. The summed E-state index contributed by atoms with van der Waals surface area (Å²) < 4.78 is 45.4. The number of aromatic nitrogens is 2. The zero-order chi connectivity index (χ0) is 21.9. The van der Waals surface area contributed by atoms with Crippen LogP contribution in [0.3, 0.4) is 0 Å². The zero-order valence-electron chi connectivity index (χ0n) is 17.3. The average molecular weight is 442 g/mol. The van der Waals surface area contributed by atoms with Crippen molar-refractivity contribution in [3.8, 4) is 6.07 Å². The Morgan fingerprint density at radius 2 is 1.93 bits per heavy atom. The van der Waals surface area contributed by atoms with Gasteiger partial charge in [0.1, 0.15) is 5.82 Å². The van der Waals surface area contributed by atoms with E-state index in [1.54, 1.807) is 23.6 Å². The maximum absolute atomic E-state index is 12.9. The highest BCUT2D eigenvalue weighted by atomic mass is 32.2. The van der Waals surface area contributed by atoms with Crippen molar-refractivity contribution in [2.75, 3.05) is 31.6 Å². The molecule has 2 aliphatic rings. The predicted molar refractivity (Wildman–Crippen MR) is 111 cm³/mol. The number of fused-ring (bicyclic) bond motifs is 1. The summed E-state index contributed by atoms with van der Waals surface area (Å²) in [7, 11) is 0. The first-order valence-corrected chi connectivity index (χ1v) is 10.9. The number of ether oxygens (including phenoxy) is 1. The minimum absolute atomic E-state index is 0.128. The van der Waals surface area contributed by atoms with Crippen molar-refractivity contribution < 1.29 is 17.9 Å². The lowest BCUT2D eigenvalue weighted by molar-refractivity contribution is -0.113. The van der Waals surface area contributed by atoms with Gasteiger partial charge in [0.25, 0.3) is 0 Å². The summed E-state index contributed by atoms with van der Waals surface area (Å²) in [5.41, 5.74) is -4.05. The molecule has 0 spiro atoms. The minimum atomic E-state index is -4.35. The van der Waals surface area contributed by atoms with Gasteiger partial charge >= 0.3 is 5.51 Å². The fraction of sp³-hybridized carbons (Fsp3) is 0.600. The van der Waals surface area contributed by atoms with E-state index in [4.69, 9.17) is 4.74 Å². The fourth-order valence-corrected chi connectivity index (χ4v) is 4.47. The lowest BCUT2D eigenvalue weighted by Gasteiger charge is -2.47. The third-order valence-corrected chi connectivity index (χ3v) is 6.28. The molecule has 0 aromatic carbocycles. The Morgan fingerprint density at radius 3 is 2.47 bits per heavy atom. The second-order valence-corrected chi connectivity index (χ2v) is 8.29. The Morgan fingerprint density at radius 1 is 1.27 bits per heavy atom. The van der Waals surface area contributed by atoms with Gasteiger partial charge in [-0.2, -0.15) is 23.5 Å². The molecule has 0 bridgehead atoms. The molecule has 30 heavy (non-hydrogen) atoms. The highest BCUT2D eigenvalue weighted by Crippen LogP contribution is 2.41. The molecule has 0 unspecified atom stereocenters. The van der Waals surface area contributed by atoms with E-state index in [-0.39, 0.29) is 22.7 Å². The van der Waals surface area contributed by atoms with Gasteiger partial charge in [-0.1, -0.05) is 19.9 Å². The lowest BCUT2D eigenvalue weighted by Crippen LogP contribution is -2.63. The van der Waals surface area contributed by atoms with Gasteiger partial charge in [-0.15, -0.1) is 0 Å². The predicted octanol–water partition coefficient (Wildman–Crippen LogP) is 4.45. The number of pyridine rings is 1. The largest absolute Gasteiger partial charge is 0.446 e. The number of nitrogens with one attached hydrogen (secondary N) is 1. The molecule has 10 heteroatoms. The summed E-state index contributed by atoms with van der Waals surface area (Å²) in [5.74, 6) is 0.676. The first-order valence-electron chi connectivity index (χ1n) is 10.1. The van der Waals surface area contributed by atoms with Crippen molar-refractivity contribution in [1.29, 1.82) is 5.26 Å². The van der Waals surface area contributed by atoms with Gasteiger partial charge < -0.3 is 10.1 Å². The number of nitrogens with zero attached hydrogens (tertiary/aromatic N) is 4. The van der Waals surface area contributed by atoms with Crippen LogP contribution >= 0.6 is 11.8 Å². The van der Waals surface area contributed by atoms with Crippen molar-refractivity contribution >= 4 is 23.1 Å². The van der Waals surface area contributed by atoms with Crippen LogP contribution < -0.4 is 5.32 Å². The number of aryl methyl sites for hydroxylation is 1. The Kier molecular flexibility index (Phi) is 6.84. The molecule has 6 nitrogen and oxygen atoms in total. The molecule has 2 saturated heterocycles. The number of thioether (sulfide) groups is 1. The van der Waals surface area contributed by atoms with Crippen molar-refractivity contribution in [2.24, 2.45) is 0 Å². The molecule has 2 aliphatic heterocycles. The number of hydrogen-bond donors (Lipinski definition) is 1. The first kappa shape index (κ1) is 22.7. The Bertz CT molecular complexity index is 912. The van der Waals surface area contributed by atoms with E-state index in [9.17, 15) is 18.4 Å². The molecule has 1 N–H and O–H groups in total. The van der Waals surface area contributed by atoms with E-state index in [0.717, 1.165) is 25.9 Å². The molecule has 2 aromatic heterocycles. The summed E-state index contributed by atoms with van der Waals surface area (Å²) in [4.78, 5) is 2.30. The second kappa shape index (κ2) is 9.04. The molecule has 4 rings (SSSR count). The van der Waals surface area contributed by atoms with Crippen LogP contribution in [0.25, 0.3) is 5.52 Å². The van der Waals surface area contributed by atoms with E-state index in [2.05, 4.69) is 21.4 Å². The van der Waals surface area contributed by atoms with Crippen molar-refractivity contribution in [1.82, 2.24) is 14.5 Å². The van der Waals surface area contributed by atoms with Crippen LogP contribution in [-0.4, -0.2) is 57.9 Å². The average Bonchev–Trinajstić information content (AvgIpc) is 2.99. The molecule has 4 heterocycles. The minimum Gasteiger partial charge on any atom is -0.375 e. The van der Waals surface area contributed by atoms with Crippen LogP contribution in [0.2, 0.25) is 0 Å². The molecule has 2 fully saturated rings. The molecule has 164 valence electrons. The SMILES string of the molecule is CC.Cc1nn2c(NC3CCN(C4(C#N)COC4)CC3)cccc2c1SC(F)(F)F. The van der Waals surface area contributed by atoms with Crippen LogP contribution in [-0.2, 0) is 4.74 Å². The Hall–Kier alpha value is -1.96. The Labute approximate surface area is 178 Å². The van der Waals surface area contributed by atoms with E-state index in [0.29, 0.717) is 30.2 Å². The summed E-state index contributed by atoms with van der Waals surface area (Å²) in [6, 6.07) is 7.75. The van der Waals surface area contributed by atoms with Gasteiger partial charge in [0.2, 0.25) is 0 Å². The smallest absolute Gasteiger partial charge is 0.375 e. The van der Waals surface area contributed by atoms with E-state index in [1.165, 1.54) is 0 Å². The summed E-state index contributed by atoms with van der Waals surface area (Å²) in [6.07, 6.45) is 1.68. The quantitative estimate of drug-likeness (QED) is 0.708. The summed E-state index contributed by atoms with van der Waals surface area (Å²) >= 11 is -0.128. The number of alkyl halides is 3. The van der Waals surface area contributed by atoms with Crippen molar-refractivity contribution in [3.63, 3.8) is 0 Å². The van der Waals surface area contributed by atoms with Crippen molar-refractivity contribution in [3.05, 3.63) is 23.9 Å². The van der Waals surface area contributed by atoms with Gasteiger partial charge in [-0.25, -0.2) is 4.52 Å². The summed E-state index contributed by atoms with van der Waals surface area (Å²) in [5, 5.41) is 17.2. The number of anilines is 1. The van der Waals surface area contributed by atoms with Gasteiger partial charge in [0.05, 0.1) is 35.4 Å². The second-order valence-electron chi connectivity index (χ2n) is 7.21. The maximum Gasteiger partial charge on any atom is 0.446 e. The van der Waals surface area contributed by atoms with Gasteiger partial charge in [-0.3, -0.25) is 4.90 Å². The molecule has 2 aromatic rings. The number of halogens is 3. The zero-order valence-corrected chi connectivity index (χ0v) is 18.1. The Balaban J connectivity index is 0.00000124. The van der Waals surface area contributed by atoms with E-state index >= 15 is 0 Å². The van der Waals surface area contributed by atoms with Crippen LogP contribution in [0, 0.1) is 18.3 Å². The molecule has 0 saturated carbocycles. The normalized spacial score (nSPS) is 19.5. The monoisotopic (exact) mass is 441 g/mol. The molecule has 0 radical (unpaired) electrons. The highest BCUT2D eigenvalue weighted by Gasteiger charge is 2.45. The van der Waals surface area contributed by atoms with Crippen molar-refractivity contribution in [2.45, 2.75) is 55.6 Å². The number of rotatable bonds is 4. The topological polar surface area (TPSA) is 65.6 Å². The first-order chi connectivity index (χ1) is 14.3. The molecule has 0 aliphatic carbocycles. The summed E-state index contributed by atoms with van der Waals surface area (Å²) in [6.45, 7) is 8.04. The third kappa shape index (κ3) is 4.53. The van der Waals surface area contributed by atoms with Crippen LogP contribution in [0.1, 0.15) is 32.4 Å². The molecular formula is C20H26F3N5OS. The molecule has 0 atom stereocenters.